The molecule has 1 aromatic heterocycles. The van der Waals surface area contributed by atoms with E-state index in [0.717, 1.165) is 27.4 Å². The van der Waals surface area contributed by atoms with E-state index in [4.69, 9.17) is 0 Å². The Bertz CT molecular complexity index is 1240. The number of rotatable bonds is 4. The first-order chi connectivity index (χ1) is 13.0. The van der Waals surface area contributed by atoms with Crippen LogP contribution >= 0.6 is 0 Å². The minimum atomic E-state index is -0.00257. The lowest BCUT2D eigenvalue weighted by atomic mass is 9.97. The Morgan fingerprint density at radius 1 is 0.889 bits per heavy atom. The standard InChI is InChI=1S/C24H19NO2/c1-4-25-22-11-9-17(16(3)26)13-20(22)21-14-18(10-12-23(21)25)24(27)19-8-6-5-7-15(19)2/h4-14H,1H2,2-3H3. The predicted octanol–water partition coefficient (Wildman–Crippen LogP) is 5.64. The van der Waals surface area contributed by atoms with Gasteiger partial charge in [-0.2, -0.15) is 0 Å². The Kier molecular flexibility index (Phi) is 4.00. The maximum Gasteiger partial charge on any atom is 0.193 e. The minimum absolute atomic E-state index is 0.00257. The molecule has 0 fully saturated rings. The second kappa shape index (κ2) is 6.36. The van der Waals surface area contributed by atoms with Gasteiger partial charge in [0.05, 0.1) is 11.0 Å². The summed E-state index contributed by atoms with van der Waals surface area (Å²) in [5, 5.41) is 1.88. The second-order valence-electron chi connectivity index (χ2n) is 6.72. The number of hydrogen-bond donors (Lipinski definition) is 0. The summed E-state index contributed by atoms with van der Waals surface area (Å²) in [6.45, 7) is 7.40. The van der Waals surface area contributed by atoms with Gasteiger partial charge in [-0.3, -0.25) is 9.59 Å². The summed E-state index contributed by atoms with van der Waals surface area (Å²) in [5.74, 6) is 0.0146. The van der Waals surface area contributed by atoms with Crippen LogP contribution in [0.3, 0.4) is 0 Å². The highest BCUT2D eigenvalue weighted by Gasteiger charge is 2.16. The van der Waals surface area contributed by atoms with Gasteiger partial charge in [0.1, 0.15) is 0 Å². The first-order valence-corrected chi connectivity index (χ1v) is 8.83. The number of benzene rings is 3. The number of carbonyl (C=O) groups excluding carboxylic acids is 2. The third-order valence-electron chi connectivity index (χ3n) is 5.04. The van der Waals surface area contributed by atoms with E-state index in [9.17, 15) is 9.59 Å². The van der Waals surface area contributed by atoms with E-state index in [0.29, 0.717) is 16.7 Å². The van der Waals surface area contributed by atoms with Crippen LogP contribution in [0, 0.1) is 6.92 Å². The largest absolute Gasteiger partial charge is 0.317 e. The van der Waals surface area contributed by atoms with Crippen molar-refractivity contribution in [2.45, 2.75) is 13.8 Å². The maximum atomic E-state index is 13.0. The number of carbonyl (C=O) groups is 2. The zero-order valence-corrected chi connectivity index (χ0v) is 15.3. The smallest absolute Gasteiger partial charge is 0.193 e. The molecule has 1 heterocycles. The molecule has 0 aliphatic heterocycles. The zero-order chi connectivity index (χ0) is 19.1. The maximum absolute atomic E-state index is 13.0. The van der Waals surface area contributed by atoms with Crippen LogP contribution in [0.2, 0.25) is 0 Å². The molecule has 0 N–H and O–H groups in total. The Balaban J connectivity index is 1.98. The van der Waals surface area contributed by atoms with Crippen molar-refractivity contribution >= 4 is 39.6 Å². The van der Waals surface area contributed by atoms with Gasteiger partial charge in [0.2, 0.25) is 0 Å². The van der Waals surface area contributed by atoms with E-state index >= 15 is 0 Å². The summed E-state index contributed by atoms with van der Waals surface area (Å²) in [6.07, 6.45) is 1.75. The van der Waals surface area contributed by atoms with Crippen molar-refractivity contribution in [1.29, 1.82) is 0 Å². The van der Waals surface area contributed by atoms with Crippen LogP contribution in [-0.4, -0.2) is 16.1 Å². The molecule has 0 saturated carbocycles. The van der Waals surface area contributed by atoms with Crippen LogP contribution < -0.4 is 0 Å². The first kappa shape index (κ1) is 17.0. The number of nitrogens with zero attached hydrogens (tertiary/aromatic N) is 1. The molecule has 4 aromatic rings. The highest BCUT2D eigenvalue weighted by molar-refractivity contribution is 6.16. The number of hydrogen-bond acceptors (Lipinski definition) is 2. The zero-order valence-electron chi connectivity index (χ0n) is 15.3. The van der Waals surface area contributed by atoms with Crippen LogP contribution in [0.1, 0.15) is 38.8 Å². The monoisotopic (exact) mass is 353 g/mol. The van der Waals surface area contributed by atoms with E-state index in [1.807, 2.05) is 72.2 Å². The Morgan fingerprint density at radius 2 is 1.48 bits per heavy atom. The minimum Gasteiger partial charge on any atom is -0.317 e. The highest BCUT2D eigenvalue weighted by atomic mass is 16.1. The number of ketones is 2. The van der Waals surface area contributed by atoms with E-state index < -0.39 is 0 Å². The molecule has 0 aliphatic rings. The fraction of sp³-hybridized carbons (Fsp3) is 0.0833. The third-order valence-corrected chi connectivity index (χ3v) is 5.04. The van der Waals surface area contributed by atoms with Gasteiger partial charge < -0.3 is 4.57 Å². The molecule has 132 valence electrons. The summed E-state index contributed by atoms with van der Waals surface area (Å²) in [4.78, 5) is 24.8. The summed E-state index contributed by atoms with van der Waals surface area (Å²) < 4.78 is 1.98. The summed E-state index contributed by atoms with van der Waals surface area (Å²) in [7, 11) is 0. The molecule has 0 aliphatic carbocycles. The fourth-order valence-corrected chi connectivity index (χ4v) is 3.59. The van der Waals surface area contributed by atoms with Crippen molar-refractivity contribution in [2.75, 3.05) is 0 Å². The van der Waals surface area contributed by atoms with Crippen LogP contribution in [0.15, 0.2) is 67.2 Å². The molecule has 4 rings (SSSR count). The molecule has 0 unspecified atom stereocenters. The first-order valence-electron chi connectivity index (χ1n) is 8.83. The molecule has 0 spiro atoms. The topological polar surface area (TPSA) is 39.1 Å². The molecule has 0 amide bonds. The molecule has 0 saturated heterocycles. The average molecular weight is 353 g/mol. The molecule has 3 aromatic carbocycles. The van der Waals surface area contributed by atoms with Crippen LogP contribution in [0.5, 0.6) is 0 Å². The number of aromatic nitrogens is 1. The van der Waals surface area contributed by atoms with Gasteiger partial charge in [0.25, 0.3) is 0 Å². The fourth-order valence-electron chi connectivity index (χ4n) is 3.59. The van der Waals surface area contributed by atoms with Crippen LogP contribution in [0.25, 0.3) is 28.0 Å². The predicted molar refractivity (Wildman–Crippen MR) is 110 cm³/mol. The molecular weight excluding hydrogens is 334 g/mol. The van der Waals surface area contributed by atoms with Crippen molar-refractivity contribution in [3.8, 4) is 0 Å². The normalized spacial score (nSPS) is 11.0. The third kappa shape index (κ3) is 2.68. The quantitative estimate of drug-likeness (QED) is 0.446. The van der Waals surface area contributed by atoms with Gasteiger partial charge in [-0.05, 0) is 55.8 Å². The van der Waals surface area contributed by atoms with Crippen LogP contribution in [0.4, 0.5) is 0 Å². The van der Waals surface area contributed by atoms with E-state index in [1.165, 1.54) is 0 Å². The average Bonchev–Trinajstić information content (AvgIpc) is 3.00. The van der Waals surface area contributed by atoms with Crippen molar-refractivity contribution in [1.82, 2.24) is 4.57 Å². The van der Waals surface area contributed by atoms with E-state index in [1.54, 1.807) is 13.1 Å². The Labute approximate surface area is 157 Å². The van der Waals surface area contributed by atoms with Crippen molar-refractivity contribution in [3.63, 3.8) is 0 Å². The molecule has 3 heteroatoms. The van der Waals surface area contributed by atoms with Gasteiger partial charge in [-0.15, -0.1) is 0 Å². The lowest BCUT2D eigenvalue weighted by Gasteiger charge is -2.05. The lowest BCUT2D eigenvalue weighted by Crippen LogP contribution is -2.03. The molecular formula is C24H19NO2. The summed E-state index contributed by atoms with van der Waals surface area (Å²) in [6, 6.07) is 18.9. The summed E-state index contributed by atoms with van der Waals surface area (Å²) >= 11 is 0. The SMILES string of the molecule is C=Cn1c2ccc(C(C)=O)cc2c2cc(C(=O)c3ccccc3C)ccc21. The number of fused-ring (bicyclic) bond motifs is 3. The lowest BCUT2D eigenvalue weighted by molar-refractivity contribution is 0.101. The Morgan fingerprint density at radius 3 is 2.07 bits per heavy atom. The molecule has 3 nitrogen and oxygen atoms in total. The molecule has 0 radical (unpaired) electrons. The summed E-state index contributed by atoms with van der Waals surface area (Å²) in [5.41, 5.74) is 4.87. The van der Waals surface area contributed by atoms with E-state index in [2.05, 4.69) is 6.58 Å². The van der Waals surface area contributed by atoms with Gasteiger partial charge >= 0.3 is 0 Å². The molecule has 0 bridgehead atoms. The number of Topliss-reactive ketones (excluding diaryl/α,β-unsaturated/α-hetero) is 1. The molecule has 27 heavy (non-hydrogen) atoms. The van der Waals surface area contributed by atoms with Gasteiger partial charge in [0.15, 0.2) is 11.6 Å². The van der Waals surface area contributed by atoms with Crippen LogP contribution in [-0.2, 0) is 0 Å². The Hall–Kier alpha value is -3.46. The number of aryl methyl sites for hydroxylation is 1. The van der Waals surface area contributed by atoms with Crippen molar-refractivity contribution < 1.29 is 9.59 Å². The second-order valence-corrected chi connectivity index (χ2v) is 6.72. The van der Waals surface area contributed by atoms with Crippen molar-refractivity contribution in [3.05, 3.63) is 89.5 Å². The van der Waals surface area contributed by atoms with Crippen molar-refractivity contribution in [2.24, 2.45) is 0 Å². The highest BCUT2D eigenvalue weighted by Crippen LogP contribution is 2.31. The molecule has 0 atom stereocenters. The van der Waals surface area contributed by atoms with E-state index in [-0.39, 0.29) is 11.6 Å². The van der Waals surface area contributed by atoms with Gasteiger partial charge in [-0.25, -0.2) is 0 Å². The van der Waals surface area contributed by atoms with Gasteiger partial charge in [0, 0.05) is 33.7 Å². The van der Waals surface area contributed by atoms with Gasteiger partial charge in [-0.1, -0.05) is 30.8 Å².